The molecule has 2 rings (SSSR count). The summed E-state index contributed by atoms with van der Waals surface area (Å²) in [4.78, 5) is 5.67. The van der Waals surface area contributed by atoms with Gasteiger partial charge in [-0.3, -0.25) is 0 Å². The highest BCUT2D eigenvalue weighted by Gasteiger charge is 2.12. The Kier molecular flexibility index (Phi) is 4.40. The summed E-state index contributed by atoms with van der Waals surface area (Å²) in [5, 5.41) is 0.659. The Balaban J connectivity index is 2.29. The van der Waals surface area contributed by atoms with Crippen molar-refractivity contribution in [3.8, 4) is 10.4 Å². The summed E-state index contributed by atoms with van der Waals surface area (Å²) >= 11 is 5.03. The van der Waals surface area contributed by atoms with Crippen LogP contribution in [0.3, 0.4) is 0 Å². The number of nitrogens with zero attached hydrogens (tertiary/aromatic N) is 1. The average molecular weight is 325 g/mol. The molecule has 4 heteroatoms. The molecule has 0 unspecified atom stereocenters. The van der Waals surface area contributed by atoms with Crippen LogP contribution in [0.5, 0.6) is 0 Å². The smallest absolute Gasteiger partial charge is 0.180 e. The third kappa shape index (κ3) is 3.33. The molecule has 96 valence electrons. The van der Waals surface area contributed by atoms with Gasteiger partial charge in [-0.2, -0.15) is 0 Å². The quantitative estimate of drug-likeness (QED) is 0.881. The SMILES string of the molecule is CC(C)CCc1nc(N)sc1-c1ccc(Br)cc1. The molecule has 1 heterocycles. The number of aryl methyl sites for hydroxylation is 1. The number of halogens is 1. The number of hydrogen-bond acceptors (Lipinski definition) is 3. The van der Waals surface area contributed by atoms with E-state index in [9.17, 15) is 0 Å². The van der Waals surface area contributed by atoms with E-state index in [-0.39, 0.29) is 0 Å². The zero-order chi connectivity index (χ0) is 13.1. The van der Waals surface area contributed by atoms with Gasteiger partial charge in [-0.05, 0) is 36.5 Å². The van der Waals surface area contributed by atoms with Gasteiger partial charge in [-0.1, -0.05) is 53.2 Å². The molecule has 0 saturated heterocycles. The maximum atomic E-state index is 5.85. The summed E-state index contributed by atoms with van der Waals surface area (Å²) in [6, 6.07) is 8.32. The number of anilines is 1. The van der Waals surface area contributed by atoms with Crippen LogP contribution in [0.15, 0.2) is 28.7 Å². The molecule has 0 amide bonds. The van der Waals surface area contributed by atoms with E-state index in [1.54, 1.807) is 11.3 Å². The predicted molar refractivity (Wildman–Crippen MR) is 82.8 cm³/mol. The van der Waals surface area contributed by atoms with Crippen LogP contribution in [-0.2, 0) is 6.42 Å². The van der Waals surface area contributed by atoms with Crippen LogP contribution in [0.2, 0.25) is 0 Å². The lowest BCUT2D eigenvalue weighted by Gasteiger charge is -2.05. The van der Waals surface area contributed by atoms with E-state index in [4.69, 9.17) is 5.73 Å². The van der Waals surface area contributed by atoms with Gasteiger partial charge in [-0.25, -0.2) is 4.98 Å². The molecular formula is C14H17BrN2S. The predicted octanol–water partition coefficient (Wildman–Crippen LogP) is 4.74. The van der Waals surface area contributed by atoms with Crippen LogP contribution in [0.1, 0.15) is 26.0 Å². The summed E-state index contributed by atoms with van der Waals surface area (Å²) in [6.07, 6.45) is 2.14. The second-order valence-electron chi connectivity index (χ2n) is 4.77. The van der Waals surface area contributed by atoms with E-state index in [2.05, 4.69) is 59.0 Å². The van der Waals surface area contributed by atoms with Gasteiger partial charge >= 0.3 is 0 Å². The number of benzene rings is 1. The summed E-state index contributed by atoms with van der Waals surface area (Å²) in [7, 11) is 0. The van der Waals surface area contributed by atoms with Crippen molar-refractivity contribution < 1.29 is 0 Å². The molecule has 0 aliphatic rings. The van der Waals surface area contributed by atoms with Crippen molar-refractivity contribution in [1.82, 2.24) is 4.98 Å². The van der Waals surface area contributed by atoms with E-state index in [0.717, 1.165) is 23.0 Å². The molecule has 18 heavy (non-hydrogen) atoms. The monoisotopic (exact) mass is 324 g/mol. The molecule has 0 saturated carbocycles. The van der Waals surface area contributed by atoms with Gasteiger partial charge in [0.25, 0.3) is 0 Å². The Hall–Kier alpha value is -0.870. The molecule has 2 nitrogen and oxygen atoms in total. The van der Waals surface area contributed by atoms with Crippen LogP contribution in [0, 0.1) is 5.92 Å². The largest absolute Gasteiger partial charge is 0.375 e. The summed E-state index contributed by atoms with van der Waals surface area (Å²) in [5.74, 6) is 0.686. The zero-order valence-electron chi connectivity index (χ0n) is 10.6. The lowest BCUT2D eigenvalue weighted by atomic mass is 10.0. The summed E-state index contributed by atoms with van der Waals surface area (Å²) in [6.45, 7) is 4.46. The second kappa shape index (κ2) is 5.85. The zero-order valence-corrected chi connectivity index (χ0v) is 13.0. The number of nitrogen functional groups attached to an aromatic ring is 1. The minimum absolute atomic E-state index is 0.659. The number of rotatable bonds is 4. The molecule has 0 aliphatic heterocycles. The number of nitrogens with two attached hydrogens (primary N) is 1. The maximum Gasteiger partial charge on any atom is 0.180 e. The van der Waals surface area contributed by atoms with Crippen LogP contribution in [0.4, 0.5) is 5.13 Å². The fourth-order valence-corrected chi connectivity index (χ4v) is 2.94. The van der Waals surface area contributed by atoms with Gasteiger partial charge < -0.3 is 5.73 Å². The Labute approximate surface area is 120 Å². The van der Waals surface area contributed by atoms with Crippen LogP contribution < -0.4 is 5.73 Å². The minimum Gasteiger partial charge on any atom is -0.375 e. The Morgan fingerprint density at radius 2 is 1.94 bits per heavy atom. The van der Waals surface area contributed by atoms with E-state index >= 15 is 0 Å². The fraction of sp³-hybridized carbons (Fsp3) is 0.357. The number of hydrogen-bond donors (Lipinski definition) is 1. The minimum atomic E-state index is 0.659. The third-order valence-corrected chi connectivity index (χ3v) is 4.28. The Morgan fingerprint density at radius 3 is 2.56 bits per heavy atom. The molecule has 0 aliphatic carbocycles. The van der Waals surface area contributed by atoms with Gasteiger partial charge in [0.05, 0.1) is 10.6 Å². The molecule has 2 N–H and O–H groups in total. The van der Waals surface area contributed by atoms with E-state index in [0.29, 0.717) is 11.0 Å². The highest BCUT2D eigenvalue weighted by Crippen LogP contribution is 2.33. The van der Waals surface area contributed by atoms with Crippen molar-refractivity contribution in [2.45, 2.75) is 26.7 Å². The summed E-state index contributed by atoms with van der Waals surface area (Å²) in [5.41, 5.74) is 8.18. The molecular weight excluding hydrogens is 308 g/mol. The highest BCUT2D eigenvalue weighted by atomic mass is 79.9. The van der Waals surface area contributed by atoms with Gasteiger partial charge in [0.15, 0.2) is 5.13 Å². The topological polar surface area (TPSA) is 38.9 Å². The lowest BCUT2D eigenvalue weighted by molar-refractivity contribution is 0.583. The highest BCUT2D eigenvalue weighted by molar-refractivity contribution is 9.10. The summed E-state index contributed by atoms with van der Waals surface area (Å²) < 4.78 is 1.09. The maximum absolute atomic E-state index is 5.85. The third-order valence-electron chi connectivity index (χ3n) is 2.78. The standard InChI is InChI=1S/C14H17BrN2S/c1-9(2)3-8-12-13(18-14(16)17-12)10-4-6-11(15)7-5-10/h4-7,9H,3,8H2,1-2H3,(H2,16,17). The van der Waals surface area contributed by atoms with Crippen LogP contribution in [-0.4, -0.2) is 4.98 Å². The normalized spacial score (nSPS) is 11.1. The molecule has 0 spiro atoms. The lowest BCUT2D eigenvalue weighted by Crippen LogP contribution is -1.94. The fourth-order valence-electron chi connectivity index (χ4n) is 1.79. The first kappa shape index (κ1) is 13.6. The van der Waals surface area contributed by atoms with Crippen molar-refractivity contribution in [2.24, 2.45) is 5.92 Å². The van der Waals surface area contributed by atoms with Gasteiger partial charge in [0, 0.05) is 4.47 Å². The van der Waals surface area contributed by atoms with Gasteiger partial charge in [0.2, 0.25) is 0 Å². The van der Waals surface area contributed by atoms with Crippen molar-refractivity contribution in [2.75, 3.05) is 5.73 Å². The Bertz CT molecular complexity index is 517. The van der Waals surface area contributed by atoms with Crippen molar-refractivity contribution in [3.05, 3.63) is 34.4 Å². The van der Waals surface area contributed by atoms with E-state index in [1.807, 2.05) is 0 Å². The molecule has 0 atom stereocenters. The first-order valence-electron chi connectivity index (χ1n) is 6.07. The van der Waals surface area contributed by atoms with Crippen molar-refractivity contribution in [3.63, 3.8) is 0 Å². The van der Waals surface area contributed by atoms with E-state index in [1.165, 1.54) is 10.4 Å². The van der Waals surface area contributed by atoms with Gasteiger partial charge in [0.1, 0.15) is 0 Å². The number of thiazole rings is 1. The first-order valence-corrected chi connectivity index (χ1v) is 7.68. The molecule has 0 radical (unpaired) electrons. The number of aromatic nitrogens is 1. The van der Waals surface area contributed by atoms with Crippen molar-refractivity contribution in [1.29, 1.82) is 0 Å². The Morgan fingerprint density at radius 1 is 1.28 bits per heavy atom. The van der Waals surface area contributed by atoms with Gasteiger partial charge in [-0.15, -0.1) is 0 Å². The average Bonchev–Trinajstić information content (AvgIpc) is 2.69. The molecule has 0 fully saturated rings. The second-order valence-corrected chi connectivity index (χ2v) is 6.71. The molecule has 0 bridgehead atoms. The molecule has 1 aromatic carbocycles. The van der Waals surface area contributed by atoms with Crippen molar-refractivity contribution >= 4 is 32.4 Å². The first-order chi connectivity index (χ1) is 8.56. The molecule has 1 aromatic heterocycles. The van der Waals surface area contributed by atoms with E-state index < -0.39 is 0 Å². The molecule has 2 aromatic rings. The van der Waals surface area contributed by atoms with Crippen LogP contribution >= 0.6 is 27.3 Å². The van der Waals surface area contributed by atoms with Crippen LogP contribution in [0.25, 0.3) is 10.4 Å².